The number of hydrogen-bond acceptors (Lipinski definition) is 2. The molecule has 1 rings (SSSR count). The van der Waals surface area contributed by atoms with Gasteiger partial charge < -0.3 is 4.74 Å². The zero-order valence-corrected chi connectivity index (χ0v) is 4.59. The van der Waals surface area contributed by atoms with Crippen molar-refractivity contribution in [2.75, 3.05) is 7.11 Å². The Labute approximate surface area is 48.1 Å². The average Bonchev–Trinajstić information content (AvgIpc) is 1.90. The molecule has 0 atom stereocenters. The molecule has 0 saturated heterocycles. The van der Waals surface area contributed by atoms with Crippen LogP contribution in [0.4, 0.5) is 0 Å². The Morgan fingerprint density at radius 3 is 3.00 bits per heavy atom. The van der Waals surface area contributed by atoms with E-state index >= 15 is 0 Å². The Hall–Kier alpha value is -1.05. The number of pyridine rings is 1. The van der Waals surface area contributed by atoms with E-state index in [-0.39, 0.29) is 0 Å². The van der Waals surface area contributed by atoms with Crippen molar-refractivity contribution < 1.29 is 4.74 Å². The number of hydrogen-bond donors (Lipinski definition) is 0. The Kier molecular flexibility index (Phi) is 1.47. The standard InChI is InChI=1S/C6H6NO/c1-8-6-4-2-3-5-7-6/h2,4-5H,1H3. The van der Waals surface area contributed by atoms with Gasteiger partial charge in [0.2, 0.25) is 5.88 Å². The molecule has 0 saturated carbocycles. The van der Waals surface area contributed by atoms with Gasteiger partial charge in [-0.2, -0.15) is 0 Å². The summed E-state index contributed by atoms with van der Waals surface area (Å²) in [7, 11) is 1.59. The first kappa shape index (κ1) is 5.09. The van der Waals surface area contributed by atoms with Gasteiger partial charge in [-0.1, -0.05) is 0 Å². The molecule has 1 heterocycles. The second kappa shape index (κ2) is 2.31. The fourth-order valence-corrected chi connectivity index (χ4v) is 0.427. The third-order valence-corrected chi connectivity index (χ3v) is 0.798. The van der Waals surface area contributed by atoms with Crippen LogP contribution in [0.1, 0.15) is 0 Å². The van der Waals surface area contributed by atoms with E-state index in [0.717, 1.165) is 0 Å². The lowest BCUT2D eigenvalue weighted by atomic mass is 10.5. The van der Waals surface area contributed by atoms with Crippen LogP contribution in [-0.2, 0) is 0 Å². The number of aromatic nitrogens is 1. The summed E-state index contributed by atoms with van der Waals surface area (Å²) in [5, 5.41) is 0. The zero-order valence-electron chi connectivity index (χ0n) is 4.59. The van der Waals surface area contributed by atoms with E-state index in [1.54, 1.807) is 25.4 Å². The first-order valence-corrected chi connectivity index (χ1v) is 2.29. The second-order valence-electron chi connectivity index (χ2n) is 1.30. The monoisotopic (exact) mass is 108 g/mol. The topological polar surface area (TPSA) is 22.1 Å². The van der Waals surface area contributed by atoms with E-state index in [2.05, 4.69) is 11.1 Å². The van der Waals surface area contributed by atoms with Gasteiger partial charge in [-0.15, -0.1) is 0 Å². The van der Waals surface area contributed by atoms with Crippen molar-refractivity contribution in [2.24, 2.45) is 0 Å². The quantitative estimate of drug-likeness (QED) is 0.533. The Bertz CT molecular complexity index is 150. The fraction of sp³-hybridized carbons (Fsp3) is 0.167. The molecule has 0 bridgehead atoms. The molecule has 0 spiro atoms. The lowest BCUT2D eigenvalue weighted by Crippen LogP contribution is -1.83. The van der Waals surface area contributed by atoms with E-state index in [0.29, 0.717) is 5.88 Å². The Morgan fingerprint density at radius 2 is 2.62 bits per heavy atom. The first-order valence-electron chi connectivity index (χ1n) is 2.29. The molecule has 0 unspecified atom stereocenters. The fourth-order valence-electron chi connectivity index (χ4n) is 0.427. The van der Waals surface area contributed by atoms with Crippen molar-refractivity contribution in [2.45, 2.75) is 0 Å². The van der Waals surface area contributed by atoms with Crippen molar-refractivity contribution in [1.82, 2.24) is 4.98 Å². The SMILES string of the molecule is COc1cc[c]cn1. The molecule has 0 aliphatic carbocycles. The molecule has 0 N–H and O–H groups in total. The van der Waals surface area contributed by atoms with Gasteiger partial charge in [0.15, 0.2) is 0 Å². The summed E-state index contributed by atoms with van der Waals surface area (Å²) in [4.78, 5) is 3.82. The molecule has 0 fully saturated rings. The van der Waals surface area contributed by atoms with Crippen molar-refractivity contribution >= 4 is 0 Å². The van der Waals surface area contributed by atoms with Gasteiger partial charge in [0.05, 0.1) is 7.11 Å². The van der Waals surface area contributed by atoms with Gasteiger partial charge in [0.1, 0.15) is 0 Å². The van der Waals surface area contributed by atoms with E-state index in [9.17, 15) is 0 Å². The maximum atomic E-state index is 4.78. The van der Waals surface area contributed by atoms with E-state index in [4.69, 9.17) is 4.74 Å². The highest BCUT2D eigenvalue weighted by molar-refractivity contribution is 5.07. The molecule has 2 heteroatoms. The van der Waals surface area contributed by atoms with Crippen LogP contribution in [0.2, 0.25) is 0 Å². The minimum Gasteiger partial charge on any atom is -0.481 e. The Morgan fingerprint density at radius 1 is 1.75 bits per heavy atom. The molecule has 41 valence electrons. The van der Waals surface area contributed by atoms with Gasteiger partial charge >= 0.3 is 0 Å². The van der Waals surface area contributed by atoms with Gasteiger partial charge in [-0.25, -0.2) is 4.98 Å². The minimum absolute atomic E-state index is 0.628. The zero-order chi connectivity index (χ0) is 5.82. The summed E-state index contributed by atoms with van der Waals surface area (Å²) in [5.74, 6) is 0.628. The number of nitrogens with zero attached hydrogens (tertiary/aromatic N) is 1. The second-order valence-corrected chi connectivity index (χ2v) is 1.30. The van der Waals surface area contributed by atoms with Crippen LogP contribution in [0.15, 0.2) is 18.3 Å². The number of methoxy groups -OCH3 is 1. The van der Waals surface area contributed by atoms with E-state index in [1.807, 2.05) is 0 Å². The van der Waals surface area contributed by atoms with Crippen LogP contribution >= 0.6 is 0 Å². The van der Waals surface area contributed by atoms with Gasteiger partial charge in [-0.05, 0) is 6.07 Å². The molecule has 8 heavy (non-hydrogen) atoms. The van der Waals surface area contributed by atoms with Crippen molar-refractivity contribution in [3.63, 3.8) is 0 Å². The van der Waals surface area contributed by atoms with E-state index in [1.165, 1.54) is 0 Å². The van der Waals surface area contributed by atoms with Crippen LogP contribution in [0.5, 0.6) is 5.88 Å². The molecule has 1 radical (unpaired) electrons. The maximum absolute atomic E-state index is 4.78. The summed E-state index contributed by atoms with van der Waals surface area (Å²) in [6.45, 7) is 0. The van der Waals surface area contributed by atoms with Gasteiger partial charge in [0.25, 0.3) is 0 Å². The number of rotatable bonds is 1. The summed E-state index contributed by atoms with van der Waals surface area (Å²) < 4.78 is 4.78. The van der Waals surface area contributed by atoms with Crippen molar-refractivity contribution in [3.05, 3.63) is 24.4 Å². The van der Waals surface area contributed by atoms with E-state index < -0.39 is 0 Å². The molecule has 0 aromatic carbocycles. The summed E-state index contributed by atoms with van der Waals surface area (Å²) in [6.07, 6.45) is 1.57. The predicted molar refractivity (Wildman–Crippen MR) is 29.6 cm³/mol. The largest absolute Gasteiger partial charge is 0.481 e. The molecule has 1 aromatic rings. The molecule has 1 aromatic heterocycles. The first-order chi connectivity index (χ1) is 3.93. The Balaban J connectivity index is 2.83. The molecule has 2 nitrogen and oxygen atoms in total. The van der Waals surface area contributed by atoms with Gasteiger partial charge in [0, 0.05) is 18.3 Å². The van der Waals surface area contributed by atoms with Crippen molar-refractivity contribution in [1.29, 1.82) is 0 Å². The average molecular weight is 108 g/mol. The smallest absolute Gasteiger partial charge is 0.212 e. The highest BCUT2D eigenvalue weighted by Crippen LogP contribution is 1.99. The molecular formula is C6H6NO. The maximum Gasteiger partial charge on any atom is 0.212 e. The highest BCUT2D eigenvalue weighted by Gasteiger charge is 1.82. The minimum atomic E-state index is 0.628. The lowest BCUT2D eigenvalue weighted by molar-refractivity contribution is 0.398. The summed E-state index contributed by atoms with van der Waals surface area (Å²) >= 11 is 0. The van der Waals surface area contributed by atoms with Crippen LogP contribution in [0.3, 0.4) is 0 Å². The predicted octanol–water partition coefficient (Wildman–Crippen LogP) is 0.890. The molecule has 0 aliphatic heterocycles. The highest BCUT2D eigenvalue weighted by atomic mass is 16.5. The van der Waals surface area contributed by atoms with Crippen LogP contribution in [-0.4, -0.2) is 12.1 Å². The van der Waals surface area contributed by atoms with Crippen LogP contribution in [0, 0.1) is 6.07 Å². The normalized spacial score (nSPS) is 8.62. The molecule has 0 amide bonds. The van der Waals surface area contributed by atoms with Crippen LogP contribution in [0.25, 0.3) is 0 Å². The molecular weight excluding hydrogens is 102 g/mol. The lowest BCUT2D eigenvalue weighted by Gasteiger charge is -1.92. The third-order valence-electron chi connectivity index (χ3n) is 0.798. The number of ether oxygens (including phenoxy) is 1. The summed E-state index contributed by atoms with van der Waals surface area (Å²) in [5.41, 5.74) is 0. The third kappa shape index (κ3) is 0.964. The summed E-state index contributed by atoms with van der Waals surface area (Å²) in [6, 6.07) is 6.28. The van der Waals surface area contributed by atoms with Gasteiger partial charge in [-0.3, -0.25) is 0 Å². The van der Waals surface area contributed by atoms with Crippen molar-refractivity contribution in [3.8, 4) is 5.88 Å². The molecule has 0 aliphatic rings. The van der Waals surface area contributed by atoms with Crippen LogP contribution < -0.4 is 4.74 Å².